The number of carbonyl (C=O) groups excluding carboxylic acids is 1. The van der Waals surface area contributed by atoms with Gasteiger partial charge in [-0.2, -0.15) is 9.97 Å². The fourth-order valence-electron chi connectivity index (χ4n) is 5.72. The van der Waals surface area contributed by atoms with Gasteiger partial charge >= 0.3 is 5.97 Å². The molecule has 0 unspecified atom stereocenters. The van der Waals surface area contributed by atoms with Crippen molar-refractivity contribution in [1.29, 1.82) is 0 Å². The third kappa shape index (κ3) is 12.9. The Kier molecular flexibility index (Phi) is 14.8. The summed E-state index contributed by atoms with van der Waals surface area (Å²) in [6.07, 6.45) is 7.55. The first-order valence-electron chi connectivity index (χ1n) is 16.7. The van der Waals surface area contributed by atoms with Gasteiger partial charge in [0.15, 0.2) is 0 Å². The number of piperazine rings is 1. The number of carboxylic acids is 1. The van der Waals surface area contributed by atoms with Crippen LogP contribution in [0.1, 0.15) is 69.4 Å². The molecule has 0 spiro atoms. The summed E-state index contributed by atoms with van der Waals surface area (Å²) in [7, 11) is 0. The number of ether oxygens (including phenoxy) is 1. The molecule has 0 bridgehead atoms. The van der Waals surface area contributed by atoms with Crippen molar-refractivity contribution in [2.24, 2.45) is 0 Å². The number of hydrogen-bond donors (Lipinski definition) is 5. The largest absolute Gasteiger partial charge is 0.481 e. The molecule has 12 nitrogen and oxygen atoms in total. The lowest BCUT2D eigenvalue weighted by molar-refractivity contribution is -0.138. The molecule has 1 saturated carbocycles. The van der Waals surface area contributed by atoms with Crippen molar-refractivity contribution < 1.29 is 19.4 Å². The minimum absolute atomic E-state index is 0.117. The third-order valence-corrected chi connectivity index (χ3v) is 8.37. The maximum absolute atomic E-state index is 12.4. The Morgan fingerprint density at radius 2 is 1.69 bits per heavy atom. The van der Waals surface area contributed by atoms with Crippen LogP contribution in [0.4, 0.5) is 17.6 Å². The number of aromatic nitrogens is 2. The zero-order valence-corrected chi connectivity index (χ0v) is 26.9. The second-order valence-corrected chi connectivity index (χ2v) is 11.9. The summed E-state index contributed by atoms with van der Waals surface area (Å²) in [5.41, 5.74) is 2.34. The Morgan fingerprint density at radius 3 is 2.40 bits per heavy atom. The van der Waals surface area contributed by atoms with Gasteiger partial charge in [-0.25, -0.2) is 0 Å². The predicted molar refractivity (Wildman–Crippen MR) is 178 cm³/mol. The third-order valence-electron chi connectivity index (χ3n) is 8.37. The first-order chi connectivity index (χ1) is 22.0. The highest BCUT2D eigenvalue weighted by molar-refractivity contribution is 5.92. The molecular formula is C33H52N8O4. The van der Waals surface area contributed by atoms with Crippen LogP contribution in [0.25, 0.3) is 0 Å². The minimum atomic E-state index is -1.01. The molecule has 5 N–H and O–H groups in total. The van der Waals surface area contributed by atoms with Crippen molar-refractivity contribution >= 4 is 29.5 Å². The van der Waals surface area contributed by atoms with Gasteiger partial charge in [0.2, 0.25) is 11.9 Å². The van der Waals surface area contributed by atoms with Crippen LogP contribution in [0.2, 0.25) is 0 Å². The zero-order chi connectivity index (χ0) is 31.7. The van der Waals surface area contributed by atoms with E-state index >= 15 is 0 Å². The van der Waals surface area contributed by atoms with Crippen molar-refractivity contribution in [1.82, 2.24) is 25.5 Å². The van der Waals surface area contributed by atoms with E-state index in [2.05, 4.69) is 60.3 Å². The number of carbonyl (C=O) groups is 2. The molecular weight excluding hydrogens is 572 g/mol. The zero-order valence-electron chi connectivity index (χ0n) is 26.9. The van der Waals surface area contributed by atoms with Crippen molar-refractivity contribution in [2.45, 2.75) is 77.4 Å². The van der Waals surface area contributed by atoms with Gasteiger partial charge in [0.1, 0.15) is 11.6 Å². The lowest BCUT2D eigenvalue weighted by Crippen LogP contribution is -2.47. The average molecular weight is 625 g/mol. The van der Waals surface area contributed by atoms with Gasteiger partial charge in [-0.3, -0.25) is 14.5 Å². The lowest BCUT2D eigenvalue weighted by atomic mass is 9.95. The maximum Gasteiger partial charge on any atom is 0.303 e. The quantitative estimate of drug-likeness (QED) is 0.147. The number of benzene rings is 1. The molecule has 0 atom stereocenters. The molecule has 2 fully saturated rings. The molecule has 12 heteroatoms. The minimum Gasteiger partial charge on any atom is -0.481 e. The Labute approximate surface area is 267 Å². The average Bonchev–Trinajstić information content (AvgIpc) is 3.06. The topological polar surface area (TPSA) is 144 Å². The van der Waals surface area contributed by atoms with Crippen LogP contribution in [-0.2, 0) is 27.4 Å². The van der Waals surface area contributed by atoms with Gasteiger partial charge in [0.25, 0.3) is 0 Å². The summed E-state index contributed by atoms with van der Waals surface area (Å²) >= 11 is 0. The molecule has 2 heterocycles. The number of nitrogens with zero attached hydrogens (tertiary/aromatic N) is 4. The second kappa shape index (κ2) is 19.3. The maximum atomic E-state index is 12.4. The number of aliphatic carboxylic acids is 1. The number of amides is 1. The van der Waals surface area contributed by atoms with Gasteiger partial charge in [-0.1, -0.05) is 43.5 Å². The Hall–Kier alpha value is -3.32. The molecule has 1 aliphatic heterocycles. The molecule has 248 valence electrons. The highest BCUT2D eigenvalue weighted by Gasteiger charge is 2.20. The van der Waals surface area contributed by atoms with E-state index in [9.17, 15) is 9.59 Å². The molecule has 2 aromatic rings. The fraction of sp³-hybridized carbons (Fsp3) is 0.636. The van der Waals surface area contributed by atoms with E-state index in [0.29, 0.717) is 24.4 Å². The Morgan fingerprint density at radius 1 is 0.956 bits per heavy atom. The van der Waals surface area contributed by atoms with E-state index in [1.807, 2.05) is 6.92 Å². The van der Waals surface area contributed by atoms with E-state index in [-0.39, 0.29) is 12.8 Å². The standard InChI is InChI=1S/C33H52N8O4/c1-2-45-22-21-40-17-19-41(20-18-40)30-23-29(37-31(42)13-14-32(43)44)38-33(39-30)36-25-27-11-9-26(10-12-27)24-34-15-6-16-35-28-7-4-3-5-8-28/h9-12,23,28,34-35H,2-8,13-22,24-25H2,1H3,(H,43,44)(H2,36,37,38,39,42). The van der Waals surface area contributed by atoms with Gasteiger partial charge in [-0.05, 0) is 50.4 Å². The molecule has 1 aromatic carbocycles. The molecule has 0 radical (unpaired) electrons. The normalized spacial score (nSPS) is 16.1. The summed E-state index contributed by atoms with van der Waals surface area (Å²) in [6, 6.07) is 11.0. The highest BCUT2D eigenvalue weighted by atomic mass is 16.5. The van der Waals surface area contributed by atoms with Crippen molar-refractivity contribution in [3.05, 3.63) is 41.5 Å². The van der Waals surface area contributed by atoms with Crippen molar-refractivity contribution in [3.8, 4) is 0 Å². The summed E-state index contributed by atoms with van der Waals surface area (Å²) < 4.78 is 5.50. The predicted octanol–water partition coefficient (Wildman–Crippen LogP) is 3.45. The van der Waals surface area contributed by atoms with Crippen LogP contribution in [-0.4, -0.2) is 96.9 Å². The van der Waals surface area contributed by atoms with E-state index in [1.165, 1.54) is 37.7 Å². The van der Waals surface area contributed by atoms with Gasteiger partial charge in [0, 0.05) is 70.9 Å². The molecule has 45 heavy (non-hydrogen) atoms. The fourth-order valence-corrected chi connectivity index (χ4v) is 5.72. The van der Waals surface area contributed by atoms with Crippen LogP contribution in [0, 0.1) is 0 Å². The summed E-state index contributed by atoms with van der Waals surface area (Å²) in [5, 5.41) is 22.3. The summed E-state index contributed by atoms with van der Waals surface area (Å²) in [6.45, 7) is 11.1. The van der Waals surface area contributed by atoms with E-state index in [0.717, 1.165) is 83.4 Å². The van der Waals surface area contributed by atoms with Crippen LogP contribution in [0.3, 0.4) is 0 Å². The van der Waals surface area contributed by atoms with E-state index < -0.39 is 11.9 Å². The van der Waals surface area contributed by atoms with Gasteiger partial charge in [-0.15, -0.1) is 0 Å². The number of nitrogens with one attached hydrogen (secondary N) is 4. The van der Waals surface area contributed by atoms with Crippen LogP contribution in [0.5, 0.6) is 0 Å². The van der Waals surface area contributed by atoms with Gasteiger partial charge < -0.3 is 36.0 Å². The highest BCUT2D eigenvalue weighted by Crippen LogP contribution is 2.21. The van der Waals surface area contributed by atoms with Gasteiger partial charge in [0.05, 0.1) is 13.0 Å². The monoisotopic (exact) mass is 624 g/mol. The molecule has 1 saturated heterocycles. The van der Waals surface area contributed by atoms with E-state index in [1.54, 1.807) is 6.07 Å². The second-order valence-electron chi connectivity index (χ2n) is 11.9. The van der Waals surface area contributed by atoms with Crippen molar-refractivity contribution in [2.75, 3.05) is 74.6 Å². The van der Waals surface area contributed by atoms with Crippen LogP contribution in [0.15, 0.2) is 30.3 Å². The molecule has 1 aliphatic carbocycles. The van der Waals surface area contributed by atoms with Crippen LogP contribution >= 0.6 is 0 Å². The van der Waals surface area contributed by atoms with E-state index in [4.69, 9.17) is 14.8 Å². The molecule has 2 aliphatic rings. The lowest BCUT2D eigenvalue weighted by Gasteiger charge is -2.35. The Bertz CT molecular complexity index is 1170. The number of hydrogen-bond acceptors (Lipinski definition) is 10. The first kappa shape index (κ1) is 34.6. The smallest absolute Gasteiger partial charge is 0.303 e. The summed E-state index contributed by atoms with van der Waals surface area (Å²) in [4.78, 5) is 37.2. The number of rotatable bonds is 19. The number of carboxylic acid groups (broad SMARTS) is 1. The SMILES string of the molecule is CCOCCN1CCN(c2cc(NC(=O)CCC(=O)O)nc(NCc3ccc(CNCCCNC4CCCCC4)cc3)n2)CC1. The van der Waals surface area contributed by atoms with Crippen LogP contribution < -0.4 is 26.2 Å². The first-order valence-corrected chi connectivity index (χ1v) is 16.7. The molecule has 1 amide bonds. The molecule has 1 aromatic heterocycles. The molecule has 4 rings (SSSR count). The summed E-state index contributed by atoms with van der Waals surface area (Å²) in [5.74, 6) is 0.0840. The Balaban J connectivity index is 1.27. The van der Waals surface area contributed by atoms with Crippen molar-refractivity contribution in [3.63, 3.8) is 0 Å². The number of anilines is 3.